The molecule has 0 aromatic rings. The lowest BCUT2D eigenvalue weighted by Gasteiger charge is -2.12. The molecule has 14 heavy (non-hydrogen) atoms. The van der Waals surface area contributed by atoms with Gasteiger partial charge in [-0.1, -0.05) is 6.92 Å². The Labute approximate surface area is 87.5 Å². The number of hydrogen-bond acceptors (Lipinski definition) is 2. The van der Waals surface area contributed by atoms with Crippen molar-refractivity contribution in [3.63, 3.8) is 0 Å². The zero-order chi connectivity index (χ0) is 10.0. The second kappa shape index (κ2) is 5.46. The average molecular weight is 230 g/mol. The maximum atomic E-state index is 12.4. The lowest BCUT2D eigenvalue weighted by Crippen LogP contribution is -2.27. The van der Waals surface area contributed by atoms with Gasteiger partial charge in [-0.2, -0.15) is 0 Å². The van der Waals surface area contributed by atoms with Gasteiger partial charge < -0.3 is 10.0 Å². The number of hydrogen-bond donors (Lipinski definition) is 1. The van der Waals surface area contributed by atoms with Gasteiger partial charge >= 0.3 is 5.97 Å². The first-order chi connectivity index (χ1) is 6.06. The molecule has 2 atom stereocenters. The second-order valence-electron chi connectivity index (χ2n) is 3.30. The Morgan fingerprint density at radius 2 is 2.14 bits per heavy atom. The minimum absolute atomic E-state index is 0. The van der Waals surface area contributed by atoms with Crippen LogP contribution in [0.4, 0.5) is 8.78 Å². The summed E-state index contributed by atoms with van der Waals surface area (Å²) in [5, 5.41) is 8.69. The van der Waals surface area contributed by atoms with E-state index >= 15 is 0 Å². The lowest BCUT2D eigenvalue weighted by atomic mass is 9.97. The number of nitrogens with zero attached hydrogens (tertiary/aromatic N) is 1. The van der Waals surface area contributed by atoms with Gasteiger partial charge in [-0.25, -0.2) is 8.78 Å². The molecule has 1 heterocycles. The van der Waals surface area contributed by atoms with E-state index < -0.39 is 24.2 Å². The fourth-order valence-electron chi connectivity index (χ4n) is 1.69. The molecule has 1 rings (SSSR count). The maximum Gasteiger partial charge on any atom is 0.308 e. The van der Waals surface area contributed by atoms with E-state index in [1.807, 2.05) is 6.92 Å². The average Bonchev–Trinajstić information content (AvgIpc) is 2.47. The summed E-state index contributed by atoms with van der Waals surface area (Å²) in [5.41, 5.74) is 0. The van der Waals surface area contributed by atoms with Gasteiger partial charge in [0.15, 0.2) is 0 Å². The van der Waals surface area contributed by atoms with Crippen LogP contribution in [0.2, 0.25) is 0 Å². The van der Waals surface area contributed by atoms with Crippen molar-refractivity contribution in [3.05, 3.63) is 0 Å². The van der Waals surface area contributed by atoms with Crippen molar-refractivity contribution < 1.29 is 18.7 Å². The van der Waals surface area contributed by atoms with Crippen LogP contribution < -0.4 is 0 Å². The van der Waals surface area contributed by atoms with E-state index in [1.165, 1.54) is 0 Å². The third-order valence-electron chi connectivity index (χ3n) is 2.53. The third kappa shape index (κ3) is 2.78. The van der Waals surface area contributed by atoms with Crippen LogP contribution in [0.3, 0.4) is 0 Å². The fourth-order valence-corrected chi connectivity index (χ4v) is 1.69. The fraction of sp³-hybridized carbons (Fsp3) is 0.875. The van der Waals surface area contributed by atoms with Crippen LogP contribution in [0, 0.1) is 11.8 Å². The Bertz CT molecular complexity index is 204. The van der Waals surface area contributed by atoms with Crippen molar-refractivity contribution >= 4 is 18.4 Å². The van der Waals surface area contributed by atoms with Gasteiger partial charge in [0, 0.05) is 19.0 Å². The van der Waals surface area contributed by atoms with Gasteiger partial charge in [0.1, 0.15) is 0 Å². The van der Waals surface area contributed by atoms with E-state index in [-0.39, 0.29) is 25.5 Å². The smallest absolute Gasteiger partial charge is 0.308 e. The minimum atomic E-state index is -2.53. The second-order valence-corrected chi connectivity index (χ2v) is 3.30. The summed E-state index contributed by atoms with van der Waals surface area (Å²) in [4.78, 5) is 12.4. The predicted octanol–water partition coefficient (Wildman–Crippen LogP) is 1.33. The molecule has 0 aliphatic carbocycles. The molecule has 6 heteroatoms. The number of likely N-dealkylation sites (tertiary alicyclic amines) is 1. The Morgan fingerprint density at radius 1 is 1.57 bits per heavy atom. The summed E-state index contributed by atoms with van der Waals surface area (Å²) < 4.78 is 24.7. The molecule has 0 spiro atoms. The van der Waals surface area contributed by atoms with Crippen LogP contribution in [-0.2, 0) is 4.79 Å². The Hall–Kier alpha value is -0.420. The van der Waals surface area contributed by atoms with Crippen LogP contribution in [0.25, 0.3) is 0 Å². The van der Waals surface area contributed by atoms with E-state index in [4.69, 9.17) is 5.11 Å². The molecule has 0 saturated carbocycles. The maximum absolute atomic E-state index is 12.4. The highest BCUT2D eigenvalue weighted by Crippen LogP contribution is 2.28. The normalized spacial score (nSPS) is 27.7. The highest BCUT2D eigenvalue weighted by atomic mass is 35.5. The van der Waals surface area contributed by atoms with Gasteiger partial charge in [0.05, 0.1) is 5.92 Å². The van der Waals surface area contributed by atoms with Crippen molar-refractivity contribution in [2.75, 3.05) is 19.6 Å². The molecule has 1 N–H and O–H groups in total. The first-order valence-electron chi connectivity index (χ1n) is 4.29. The van der Waals surface area contributed by atoms with Crippen molar-refractivity contribution in [2.45, 2.75) is 13.3 Å². The zero-order valence-corrected chi connectivity index (χ0v) is 8.64. The molecule has 0 bridgehead atoms. The zero-order valence-electron chi connectivity index (χ0n) is 7.82. The molecular weight excluding hydrogens is 216 g/mol. The van der Waals surface area contributed by atoms with Gasteiger partial charge in [0.25, 0.3) is 0 Å². The molecular formula is C8H14ClF2NO2. The Balaban J connectivity index is 0.00000169. The summed E-state index contributed by atoms with van der Waals surface area (Å²) in [6.45, 7) is 2.92. The van der Waals surface area contributed by atoms with Gasteiger partial charge in [-0.05, 0) is 6.54 Å². The Morgan fingerprint density at radius 3 is 2.43 bits per heavy atom. The van der Waals surface area contributed by atoms with E-state index in [9.17, 15) is 13.6 Å². The molecule has 0 radical (unpaired) electrons. The molecule has 1 fully saturated rings. The quantitative estimate of drug-likeness (QED) is 0.794. The van der Waals surface area contributed by atoms with Crippen LogP contribution in [0.15, 0.2) is 0 Å². The summed E-state index contributed by atoms with van der Waals surface area (Å²) in [7, 11) is 0. The summed E-state index contributed by atoms with van der Waals surface area (Å²) in [6, 6.07) is 0. The third-order valence-corrected chi connectivity index (χ3v) is 2.53. The molecule has 2 unspecified atom stereocenters. The summed E-state index contributed by atoms with van der Waals surface area (Å²) >= 11 is 0. The molecule has 0 amide bonds. The van der Waals surface area contributed by atoms with Crippen molar-refractivity contribution in [2.24, 2.45) is 11.8 Å². The number of aliphatic carboxylic acids is 1. The van der Waals surface area contributed by atoms with Crippen LogP contribution >= 0.6 is 12.4 Å². The number of rotatable bonds is 3. The highest BCUT2D eigenvalue weighted by Gasteiger charge is 2.41. The molecule has 1 saturated heterocycles. The van der Waals surface area contributed by atoms with Crippen LogP contribution in [-0.4, -0.2) is 42.0 Å². The molecule has 3 nitrogen and oxygen atoms in total. The van der Waals surface area contributed by atoms with Gasteiger partial charge in [0.2, 0.25) is 6.43 Å². The monoisotopic (exact) mass is 229 g/mol. The van der Waals surface area contributed by atoms with Crippen molar-refractivity contribution in [1.29, 1.82) is 0 Å². The first-order valence-corrected chi connectivity index (χ1v) is 4.29. The minimum Gasteiger partial charge on any atom is -0.481 e. The number of carboxylic acids is 1. The molecule has 1 aliphatic rings. The van der Waals surface area contributed by atoms with Gasteiger partial charge in [-0.3, -0.25) is 4.79 Å². The van der Waals surface area contributed by atoms with Crippen LogP contribution in [0.1, 0.15) is 6.92 Å². The molecule has 1 aliphatic heterocycles. The van der Waals surface area contributed by atoms with Crippen LogP contribution in [0.5, 0.6) is 0 Å². The van der Waals surface area contributed by atoms with E-state index in [1.54, 1.807) is 4.90 Å². The molecule has 0 aromatic heterocycles. The first kappa shape index (κ1) is 13.6. The predicted molar refractivity (Wildman–Crippen MR) is 50.0 cm³/mol. The van der Waals surface area contributed by atoms with E-state index in [0.29, 0.717) is 6.54 Å². The van der Waals surface area contributed by atoms with E-state index in [2.05, 4.69) is 0 Å². The summed E-state index contributed by atoms with van der Waals surface area (Å²) in [5.74, 6) is -3.02. The highest BCUT2D eigenvalue weighted by molar-refractivity contribution is 5.85. The largest absolute Gasteiger partial charge is 0.481 e. The van der Waals surface area contributed by atoms with Gasteiger partial charge in [-0.15, -0.1) is 12.4 Å². The van der Waals surface area contributed by atoms with Crippen molar-refractivity contribution in [1.82, 2.24) is 4.90 Å². The number of carbonyl (C=O) groups is 1. The van der Waals surface area contributed by atoms with E-state index in [0.717, 1.165) is 0 Å². The standard InChI is InChI=1S/C8H13F2NO2.ClH/c1-2-11-3-5(7(9)10)6(4-11)8(12)13;/h5-7H,2-4H2,1H3,(H,12,13);1H. The SMILES string of the molecule is CCN1CC(C(=O)O)C(C(F)F)C1.Cl. The Kier molecular flexibility index (Phi) is 5.29. The van der Waals surface area contributed by atoms with Crippen molar-refractivity contribution in [3.8, 4) is 0 Å². The lowest BCUT2D eigenvalue weighted by molar-refractivity contribution is -0.144. The summed E-state index contributed by atoms with van der Waals surface area (Å²) in [6.07, 6.45) is -2.53. The number of halogens is 3. The molecule has 84 valence electrons. The number of alkyl halides is 2. The topological polar surface area (TPSA) is 40.5 Å². The number of carboxylic acid groups (broad SMARTS) is 1. The molecule has 0 aromatic carbocycles.